The number of nitrogens with one attached hydrogen (secondary N) is 1. The van der Waals surface area contributed by atoms with E-state index in [9.17, 15) is 0 Å². The summed E-state index contributed by atoms with van der Waals surface area (Å²) in [4.78, 5) is 0. The van der Waals surface area contributed by atoms with E-state index < -0.39 is 0 Å². The lowest BCUT2D eigenvalue weighted by Crippen LogP contribution is -1.73. The number of aliphatic hydroxyl groups excluding tert-OH is 1. The van der Waals surface area contributed by atoms with Gasteiger partial charge in [0.05, 0.1) is 6.61 Å². The molecule has 0 aromatic carbocycles. The minimum absolute atomic E-state index is 0.0346. The molecule has 0 amide bonds. The number of hydrogen-bond acceptors (Lipinski definition) is 3. The van der Waals surface area contributed by atoms with Crippen LogP contribution in [-0.4, -0.2) is 27.1 Å². The Morgan fingerprint density at radius 3 is 3.22 bits per heavy atom. The van der Waals surface area contributed by atoms with Gasteiger partial charge in [0.2, 0.25) is 0 Å². The fourth-order valence-corrected chi connectivity index (χ4v) is 0.465. The zero-order chi connectivity index (χ0) is 6.53. The summed E-state index contributed by atoms with van der Waals surface area (Å²) in [5.74, 6) is 0. The van der Waals surface area contributed by atoms with Gasteiger partial charge in [0.1, 0.15) is 5.69 Å². The van der Waals surface area contributed by atoms with Crippen LogP contribution in [0.3, 0.4) is 0 Å². The van der Waals surface area contributed by atoms with E-state index in [0.717, 1.165) is 5.69 Å². The first-order valence-corrected chi connectivity index (χ1v) is 2.57. The molecule has 1 heterocycles. The van der Waals surface area contributed by atoms with E-state index in [1.54, 1.807) is 18.3 Å². The zero-order valence-corrected chi connectivity index (χ0v) is 4.78. The summed E-state index contributed by atoms with van der Waals surface area (Å²) >= 11 is 0. The summed E-state index contributed by atoms with van der Waals surface area (Å²) < 4.78 is 0. The third-order valence-electron chi connectivity index (χ3n) is 0.830. The normalized spacial score (nSPS) is 10.8. The molecule has 2 N–H and O–H groups in total. The Morgan fingerprint density at radius 1 is 1.78 bits per heavy atom. The zero-order valence-electron chi connectivity index (χ0n) is 4.78. The van der Waals surface area contributed by atoms with Crippen molar-refractivity contribution in [2.24, 2.45) is 0 Å². The van der Waals surface area contributed by atoms with Crippen LogP contribution in [0.4, 0.5) is 0 Å². The molecule has 0 aliphatic carbocycles. The van der Waals surface area contributed by atoms with E-state index in [2.05, 4.69) is 15.4 Å². The quantitative estimate of drug-likeness (QED) is 0.576. The van der Waals surface area contributed by atoms with Crippen molar-refractivity contribution >= 4 is 6.08 Å². The Bertz CT molecular complexity index is 180. The molecule has 1 aromatic rings. The lowest BCUT2D eigenvalue weighted by atomic mass is 10.4. The summed E-state index contributed by atoms with van der Waals surface area (Å²) in [7, 11) is 0. The van der Waals surface area contributed by atoms with Gasteiger partial charge in [-0.05, 0) is 6.08 Å². The highest BCUT2D eigenvalue weighted by Gasteiger charge is 1.84. The summed E-state index contributed by atoms with van der Waals surface area (Å²) in [5, 5.41) is 18.0. The number of hydrogen-bond donors (Lipinski definition) is 2. The molecule has 1 rings (SSSR count). The molecule has 0 bridgehead atoms. The summed E-state index contributed by atoms with van der Waals surface area (Å²) in [6.45, 7) is 0.0346. The Hall–Kier alpha value is -1.16. The highest BCUT2D eigenvalue weighted by atomic mass is 16.2. The summed E-state index contributed by atoms with van der Waals surface area (Å²) in [5.41, 5.74) is 0.726. The molecule has 1 aromatic heterocycles. The van der Waals surface area contributed by atoms with Gasteiger partial charge in [0.15, 0.2) is 0 Å². The van der Waals surface area contributed by atoms with Crippen LogP contribution in [0.1, 0.15) is 5.69 Å². The third kappa shape index (κ3) is 1.65. The van der Waals surface area contributed by atoms with E-state index in [4.69, 9.17) is 5.11 Å². The maximum atomic E-state index is 8.32. The van der Waals surface area contributed by atoms with E-state index in [-0.39, 0.29) is 6.61 Å². The van der Waals surface area contributed by atoms with Gasteiger partial charge in [0.25, 0.3) is 0 Å². The van der Waals surface area contributed by atoms with Crippen LogP contribution >= 0.6 is 0 Å². The number of aromatic nitrogens is 3. The number of rotatable bonds is 2. The lowest BCUT2D eigenvalue weighted by molar-refractivity contribution is 0.343. The maximum absolute atomic E-state index is 8.32. The van der Waals surface area contributed by atoms with Crippen LogP contribution in [0, 0.1) is 0 Å². The Kier molecular flexibility index (Phi) is 1.98. The number of nitrogens with zero attached hydrogens (tertiary/aromatic N) is 2. The Morgan fingerprint density at radius 2 is 2.67 bits per heavy atom. The smallest absolute Gasteiger partial charge is 0.105 e. The molecular formula is C5H7N3O. The number of aliphatic hydroxyl groups is 1. The third-order valence-corrected chi connectivity index (χ3v) is 0.830. The van der Waals surface area contributed by atoms with Crippen molar-refractivity contribution in [1.29, 1.82) is 0 Å². The molecule has 9 heavy (non-hydrogen) atoms. The molecule has 48 valence electrons. The van der Waals surface area contributed by atoms with Crippen LogP contribution in [0.2, 0.25) is 0 Å². The second-order valence-corrected chi connectivity index (χ2v) is 1.48. The average molecular weight is 125 g/mol. The van der Waals surface area contributed by atoms with E-state index in [0.29, 0.717) is 0 Å². The van der Waals surface area contributed by atoms with Gasteiger partial charge in [-0.15, -0.1) is 5.10 Å². The van der Waals surface area contributed by atoms with Crippen molar-refractivity contribution in [3.05, 3.63) is 18.0 Å². The van der Waals surface area contributed by atoms with Gasteiger partial charge in [-0.25, -0.2) is 0 Å². The fraction of sp³-hybridized carbons (Fsp3) is 0.200. The van der Waals surface area contributed by atoms with Crippen LogP contribution in [0.25, 0.3) is 6.08 Å². The predicted molar refractivity (Wildman–Crippen MR) is 32.5 cm³/mol. The predicted octanol–water partition coefficient (Wildman–Crippen LogP) is -0.190. The minimum atomic E-state index is 0.0346. The first kappa shape index (κ1) is 5.97. The molecule has 0 unspecified atom stereocenters. The fourth-order valence-electron chi connectivity index (χ4n) is 0.465. The van der Waals surface area contributed by atoms with Gasteiger partial charge >= 0.3 is 0 Å². The minimum Gasteiger partial charge on any atom is -0.392 e. The molecule has 0 radical (unpaired) electrons. The molecule has 0 spiro atoms. The monoisotopic (exact) mass is 125 g/mol. The Balaban J connectivity index is 2.57. The van der Waals surface area contributed by atoms with Crippen LogP contribution in [0.5, 0.6) is 0 Å². The van der Waals surface area contributed by atoms with Gasteiger partial charge in [-0.1, -0.05) is 11.3 Å². The van der Waals surface area contributed by atoms with Crippen molar-refractivity contribution in [3.8, 4) is 0 Å². The average Bonchev–Trinajstić information content (AvgIpc) is 2.34. The number of aromatic amines is 1. The first-order valence-electron chi connectivity index (χ1n) is 2.57. The second kappa shape index (κ2) is 2.99. The molecule has 4 nitrogen and oxygen atoms in total. The van der Waals surface area contributed by atoms with Crippen LogP contribution in [0.15, 0.2) is 12.3 Å². The topological polar surface area (TPSA) is 61.8 Å². The highest BCUT2D eigenvalue weighted by molar-refractivity contribution is 5.41. The molecular weight excluding hydrogens is 118 g/mol. The summed E-state index contributed by atoms with van der Waals surface area (Å²) in [6.07, 6.45) is 4.92. The molecule has 0 atom stereocenters. The standard InChI is InChI=1S/C5H7N3O/c9-3-1-2-5-4-6-8-7-5/h1-2,4,9H,3H2,(H,6,7,8). The Labute approximate surface area is 52.2 Å². The SMILES string of the molecule is OCC=Cc1c[nH]nn1. The highest BCUT2D eigenvalue weighted by Crippen LogP contribution is 1.90. The molecule has 4 heteroatoms. The van der Waals surface area contributed by atoms with Gasteiger partial charge in [-0.3, -0.25) is 5.10 Å². The maximum Gasteiger partial charge on any atom is 0.105 e. The molecule has 0 aliphatic heterocycles. The van der Waals surface area contributed by atoms with Crippen molar-refractivity contribution in [2.45, 2.75) is 0 Å². The van der Waals surface area contributed by atoms with Crippen LogP contribution in [-0.2, 0) is 0 Å². The first-order chi connectivity index (χ1) is 4.43. The van der Waals surface area contributed by atoms with Crippen molar-refractivity contribution in [2.75, 3.05) is 6.61 Å². The van der Waals surface area contributed by atoms with Crippen LogP contribution < -0.4 is 0 Å². The lowest BCUT2D eigenvalue weighted by Gasteiger charge is -1.75. The van der Waals surface area contributed by atoms with Crippen molar-refractivity contribution < 1.29 is 5.11 Å². The molecule has 0 aliphatic rings. The van der Waals surface area contributed by atoms with E-state index >= 15 is 0 Å². The van der Waals surface area contributed by atoms with Gasteiger partial charge < -0.3 is 5.11 Å². The number of H-pyrrole nitrogens is 1. The van der Waals surface area contributed by atoms with Gasteiger partial charge in [0, 0.05) is 6.20 Å². The van der Waals surface area contributed by atoms with Gasteiger partial charge in [-0.2, -0.15) is 0 Å². The largest absolute Gasteiger partial charge is 0.392 e. The molecule has 0 fully saturated rings. The van der Waals surface area contributed by atoms with E-state index in [1.165, 1.54) is 0 Å². The summed E-state index contributed by atoms with van der Waals surface area (Å²) in [6, 6.07) is 0. The van der Waals surface area contributed by atoms with E-state index in [1.807, 2.05) is 0 Å². The van der Waals surface area contributed by atoms with Crippen molar-refractivity contribution in [3.63, 3.8) is 0 Å². The van der Waals surface area contributed by atoms with Crippen molar-refractivity contribution in [1.82, 2.24) is 15.4 Å². The molecule has 0 saturated heterocycles. The molecule has 0 saturated carbocycles. The second-order valence-electron chi connectivity index (χ2n) is 1.48.